The minimum absolute atomic E-state index is 0.0992. The van der Waals surface area contributed by atoms with E-state index in [4.69, 9.17) is 0 Å². The lowest BCUT2D eigenvalue weighted by Gasteiger charge is -2.00. The molecule has 94 valence electrons. The van der Waals surface area contributed by atoms with Crippen molar-refractivity contribution < 1.29 is 4.79 Å². The van der Waals surface area contributed by atoms with E-state index in [-0.39, 0.29) is 5.78 Å². The van der Waals surface area contributed by atoms with Crippen molar-refractivity contribution in [1.82, 2.24) is 4.98 Å². The molecule has 0 unspecified atom stereocenters. The maximum Gasteiger partial charge on any atom is 0.159 e. The zero-order valence-electron chi connectivity index (χ0n) is 10.5. The van der Waals surface area contributed by atoms with Gasteiger partial charge in [-0.05, 0) is 31.2 Å². The molecule has 0 saturated heterocycles. The molecule has 3 aromatic rings. The summed E-state index contributed by atoms with van der Waals surface area (Å²) in [4.78, 5) is 15.7. The number of Topliss-reactive ketones (excluding diaryl/α,β-unsaturated/α-hetero) is 1. The zero-order chi connectivity index (χ0) is 13.2. The minimum atomic E-state index is 0.0992. The van der Waals surface area contributed by atoms with Gasteiger partial charge in [0.2, 0.25) is 0 Å². The van der Waals surface area contributed by atoms with E-state index in [0.717, 1.165) is 21.0 Å². The molecule has 0 radical (unpaired) electrons. The summed E-state index contributed by atoms with van der Waals surface area (Å²) in [6, 6.07) is 18.0. The number of aromatic nitrogens is 1. The van der Waals surface area contributed by atoms with Crippen molar-refractivity contribution in [3.63, 3.8) is 0 Å². The Morgan fingerprint density at radius 3 is 2.47 bits per heavy atom. The van der Waals surface area contributed by atoms with E-state index < -0.39 is 0 Å². The lowest BCUT2D eigenvalue weighted by atomic mass is 10.2. The molecule has 19 heavy (non-hydrogen) atoms. The number of ketones is 1. The lowest BCUT2D eigenvalue weighted by Crippen LogP contribution is -1.90. The Balaban J connectivity index is 1.86. The van der Waals surface area contributed by atoms with Crippen LogP contribution in [0.5, 0.6) is 0 Å². The van der Waals surface area contributed by atoms with Gasteiger partial charge < -0.3 is 4.98 Å². The highest BCUT2D eigenvalue weighted by atomic mass is 32.2. The molecule has 0 saturated carbocycles. The number of rotatable bonds is 3. The molecule has 0 fully saturated rings. The van der Waals surface area contributed by atoms with Crippen LogP contribution in [-0.4, -0.2) is 10.8 Å². The molecule has 0 aliphatic heterocycles. The molecule has 2 aromatic carbocycles. The summed E-state index contributed by atoms with van der Waals surface area (Å²) in [5.74, 6) is 0.0992. The smallest absolute Gasteiger partial charge is 0.159 e. The number of para-hydroxylation sites is 1. The Morgan fingerprint density at radius 2 is 1.79 bits per heavy atom. The molecule has 3 heteroatoms. The third-order valence-corrected chi connectivity index (χ3v) is 3.94. The number of hydrogen-bond acceptors (Lipinski definition) is 2. The van der Waals surface area contributed by atoms with Crippen molar-refractivity contribution in [3.05, 3.63) is 60.2 Å². The second kappa shape index (κ2) is 4.94. The molecular formula is C16H13NOS. The van der Waals surface area contributed by atoms with Gasteiger partial charge in [0.1, 0.15) is 0 Å². The van der Waals surface area contributed by atoms with Gasteiger partial charge in [-0.25, -0.2) is 0 Å². The van der Waals surface area contributed by atoms with Crippen LogP contribution in [0.25, 0.3) is 10.9 Å². The van der Waals surface area contributed by atoms with Crippen LogP contribution < -0.4 is 0 Å². The van der Waals surface area contributed by atoms with Crippen LogP contribution >= 0.6 is 11.8 Å². The van der Waals surface area contributed by atoms with Crippen LogP contribution in [0.1, 0.15) is 17.3 Å². The molecule has 0 amide bonds. The molecule has 3 rings (SSSR count). The lowest BCUT2D eigenvalue weighted by molar-refractivity contribution is 0.101. The highest BCUT2D eigenvalue weighted by Crippen LogP contribution is 2.29. The Hall–Kier alpha value is -2.00. The standard InChI is InChI=1S/C16H13NOS/c1-11(18)12-6-8-14(9-7-12)19-16-10-13-4-2-3-5-15(13)17-16/h2-10,17H,1H3. The quantitative estimate of drug-likeness (QED) is 0.708. The SMILES string of the molecule is CC(=O)c1ccc(Sc2cc3ccccc3[nH]2)cc1. The van der Waals surface area contributed by atoms with E-state index in [1.54, 1.807) is 18.7 Å². The minimum Gasteiger partial charge on any atom is -0.349 e. The molecule has 1 N–H and O–H groups in total. The van der Waals surface area contributed by atoms with Gasteiger partial charge in [0.05, 0.1) is 5.03 Å². The number of nitrogens with one attached hydrogen (secondary N) is 1. The van der Waals surface area contributed by atoms with Crippen LogP contribution in [0.3, 0.4) is 0 Å². The van der Waals surface area contributed by atoms with Crippen molar-refractivity contribution >= 4 is 28.4 Å². The van der Waals surface area contributed by atoms with Gasteiger partial charge in [0, 0.05) is 21.4 Å². The zero-order valence-corrected chi connectivity index (χ0v) is 11.3. The number of hydrogen-bond donors (Lipinski definition) is 1. The molecule has 0 aliphatic rings. The van der Waals surface area contributed by atoms with Crippen LogP contribution in [0, 0.1) is 0 Å². The van der Waals surface area contributed by atoms with Crippen LogP contribution in [0.2, 0.25) is 0 Å². The fourth-order valence-electron chi connectivity index (χ4n) is 1.99. The van der Waals surface area contributed by atoms with Crippen molar-refractivity contribution in [2.24, 2.45) is 0 Å². The van der Waals surface area contributed by atoms with Crippen LogP contribution in [-0.2, 0) is 0 Å². The molecule has 0 aliphatic carbocycles. The summed E-state index contributed by atoms with van der Waals surface area (Å²) in [6.07, 6.45) is 0. The number of carbonyl (C=O) groups is 1. The normalized spacial score (nSPS) is 10.8. The largest absolute Gasteiger partial charge is 0.349 e. The first-order chi connectivity index (χ1) is 9.22. The molecule has 0 bridgehead atoms. The second-order valence-corrected chi connectivity index (χ2v) is 5.52. The van der Waals surface area contributed by atoms with Gasteiger partial charge in [-0.3, -0.25) is 4.79 Å². The summed E-state index contributed by atoms with van der Waals surface area (Å²) in [6.45, 7) is 1.58. The molecule has 2 nitrogen and oxygen atoms in total. The van der Waals surface area contributed by atoms with Crippen LogP contribution in [0.4, 0.5) is 0 Å². The van der Waals surface area contributed by atoms with E-state index in [1.165, 1.54) is 5.39 Å². The summed E-state index contributed by atoms with van der Waals surface area (Å²) in [7, 11) is 0. The van der Waals surface area contributed by atoms with E-state index in [1.807, 2.05) is 36.4 Å². The van der Waals surface area contributed by atoms with Gasteiger partial charge in [-0.15, -0.1) is 0 Å². The molecule has 0 spiro atoms. The highest BCUT2D eigenvalue weighted by Gasteiger charge is 2.03. The topological polar surface area (TPSA) is 32.9 Å². The van der Waals surface area contributed by atoms with Crippen molar-refractivity contribution in [3.8, 4) is 0 Å². The maximum atomic E-state index is 11.2. The van der Waals surface area contributed by atoms with Gasteiger partial charge >= 0.3 is 0 Å². The van der Waals surface area contributed by atoms with Gasteiger partial charge in [-0.2, -0.15) is 0 Å². The number of H-pyrrole nitrogens is 1. The van der Waals surface area contributed by atoms with E-state index in [0.29, 0.717) is 0 Å². The van der Waals surface area contributed by atoms with Crippen molar-refractivity contribution in [2.45, 2.75) is 16.8 Å². The first-order valence-electron chi connectivity index (χ1n) is 6.09. The van der Waals surface area contributed by atoms with Gasteiger partial charge in [-0.1, -0.05) is 42.1 Å². The Morgan fingerprint density at radius 1 is 1.05 bits per heavy atom. The maximum absolute atomic E-state index is 11.2. The summed E-state index contributed by atoms with van der Waals surface area (Å²) >= 11 is 1.67. The summed E-state index contributed by atoms with van der Waals surface area (Å²) < 4.78 is 0. The second-order valence-electron chi connectivity index (χ2n) is 4.40. The third kappa shape index (κ3) is 2.56. The van der Waals surface area contributed by atoms with Gasteiger partial charge in [0.25, 0.3) is 0 Å². The average molecular weight is 267 g/mol. The van der Waals surface area contributed by atoms with Crippen LogP contribution in [0.15, 0.2) is 64.5 Å². The molecule has 1 heterocycles. The van der Waals surface area contributed by atoms with Crippen molar-refractivity contribution in [2.75, 3.05) is 0 Å². The fourth-order valence-corrected chi connectivity index (χ4v) is 2.86. The Kier molecular flexibility index (Phi) is 3.13. The molecule has 0 atom stereocenters. The molecular weight excluding hydrogens is 254 g/mol. The number of benzene rings is 2. The predicted molar refractivity (Wildman–Crippen MR) is 78.9 cm³/mol. The van der Waals surface area contributed by atoms with Crippen molar-refractivity contribution in [1.29, 1.82) is 0 Å². The summed E-state index contributed by atoms with van der Waals surface area (Å²) in [5.41, 5.74) is 1.89. The number of aromatic amines is 1. The Bertz CT molecular complexity index is 695. The first kappa shape index (κ1) is 12.1. The average Bonchev–Trinajstić information content (AvgIpc) is 2.81. The predicted octanol–water partition coefficient (Wildman–Crippen LogP) is 4.52. The monoisotopic (exact) mass is 267 g/mol. The van der Waals surface area contributed by atoms with E-state index in [2.05, 4.69) is 23.2 Å². The number of carbonyl (C=O) groups excluding carboxylic acids is 1. The Labute approximate surface area is 115 Å². The fraction of sp³-hybridized carbons (Fsp3) is 0.0625. The third-order valence-electron chi connectivity index (χ3n) is 2.99. The van der Waals surface area contributed by atoms with E-state index in [9.17, 15) is 4.79 Å². The van der Waals surface area contributed by atoms with Gasteiger partial charge in [0.15, 0.2) is 5.78 Å². The van der Waals surface area contributed by atoms with E-state index >= 15 is 0 Å². The first-order valence-corrected chi connectivity index (χ1v) is 6.90. The highest BCUT2D eigenvalue weighted by molar-refractivity contribution is 7.99. The summed E-state index contributed by atoms with van der Waals surface area (Å²) in [5, 5.41) is 2.32. The molecule has 1 aromatic heterocycles. The number of fused-ring (bicyclic) bond motifs is 1.